The molecule has 1 aliphatic heterocycles. The smallest absolute Gasteiger partial charge is 0.305 e. The number of allylic oxidation sites excluding steroid dienone is 2. The molecule has 0 aromatic carbocycles. The molecule has 0 saturated carbocycles. The number of carboxylic acid groups (broad SMARTS) is 1. The van der Waals surface area contributed by atoms with Crippen LogP contribution in [0.4, 0.5) is 0 Å². The summed E-state index contributed by atoms with van der Waals surface area (Å²) in [6.45, 7) is 9.52. The summed E-state index contributed by atoms with van der Waals surface area (Å²) in [5.74, 6) is -0.832. The predicted octanol–water partition coefficient (Wildman–Crippen LogP) is 1.92. The van der Waals surface area contributed by atoms with Gasteiger partial charge in [0.05, 0.1) is 32.8 Å². The third-order valence-electron chi connectivity index (χ3n) is 2.65. The first-order chi connectivity index (χ1) is 10.7. The fourth-order valence-corrected chi connectivity index (χ4v) is 1.52. The Morgan fingerprint density at radius 3 is 2.32 bits per heavy atom. The van der Waals surface area contributed by atoms with Crippen molar-refractivity contribution in [2.45, 2.75) is 20.3 Å². The summed E-state index contributed by atoms with van der Waals surface area (Å²) in [5, 5.41) is 8.20. The quantitative estimate of drug-likeness (QED) is 0.588. The lowest BCUT2D eigenvalue weighted by Crippen LogP contribution is -2.23. The van der Waals surface area contributed by atoms with Crippen LogP contribution in [-0.4, -0.2) is 68.7 Å². The lowest BCUT2D eigenvalue weighted by molar-refractivity contribution is -0.138. The standard InChI is InChI=1S/C9H15NO.C7H14O4/c1-2-11-9-8-10-6-4-3-5-7-10;1-2-10-5-6-11-4-3-7(8)9/h3-6H,2,7-9H2,1H3;2-6H2,1H3,(H,8,9). The first-order valence-electron chi connectivity index (χ1n) is 7.73. The van der Waals surface area contributed by atoms with Crippen molar-refractivity contribution in [3.8, 4) is 0 Å². The molecule has 0 bridgehead atoms. The molecule has 6 heteroatoms. The number of carboxylic acids is 1. The molecule has 0 aromatic rings. The van der Waals surface area contributed by atoms with Gasteiger partial charge in [-0.3, -0.25) is 4.79 Å². The highest BCUT2D eigenvalue weighted by atomic mass is 16.5. The van der Waals surface area contributed by atoms with Gasteiger partial charge in [-0.25, -0.2) is 0 Å². The number of carbonyl (C=O) groups is 1. The molecule has 128 valence electrons. The summed E-state index contributed by atoms with van der Waals surface area (Å²) >= 11 is 0. The second-order valence-corrected chi connectivity index (χ2v) is 4.41. The molecule has 1 aliphatic rings. The Morgan fingerprint density at radius 1 is 1.05 bits per heavy atom. The van der Waals surface area contributed by atoms with Crippen LogP contribution in [0.3, 0.4) is 0 Å². The fraction of sp³-hybridized carbons (Fsp3) is 0.688. The van der Waals surface area contributed by atoms with Crippen molar-refractivity contribution in [3.63, 3.8) is 0 Å². The van der Waals surface area contributed by atoms with Gasteiger partial charge in [0, 0.05) is 26.3 Å². The summed E-state index contributed by atoms with van der Waals surface area (Å²) in [5.41, 5.74) is 0. The molecular weight excluding hydrogens is 286 g/mol. The molecule has 22 heavy (non-hydrogen) atoms. The van der Waals surface area contributed by atoms with Gasteiger partial charge in [0.15, 0.2) is 0 Å². The van der Waals surface area contributed by atoms with Gasteiger partial charge in [0.2, 0.25) is 0 Å². The third kappa shape index (κ3) is 15.0. The topological polar surface area (TPSA) is 68.2 Å². The van der Waals surface area contributed by atoms with E-state index >= 15 is 0 Å². The van der Waals surface area contributed by atoms with E-state index in [4.69, 9.17) is 19.3 Å². The van der Waals surface area contributed by atoms with Gasteiger partial charge in [0.25, 0.3) is 0 Å². The highest BCUT2D eigenvalue weighted by Crippen LogP contribution is 1.97. The van der Waals surface area contributed by atoms with E-state index in [1.165, 1.54) is 0 Å². The number of ether oxygens (including phenoxy) is 3. The second-order valence-electron chi connectivity index (χ2n) is 4.41. The zero-order valence-corrected chi connectivity index (χ0v) is 13.7. The van der Waals surface area contributed by atoms with E-state index in [0.29, 0.717) is 19.8 Å². The molecule has 0 saturated heterocycles. The normalized spacial score (nSPS) is 12.9. The van der Waals surface area contributed by atoms with Crippen molar-refractivity contribution < 1.29 is 24.1 Å². The summed E-state index contributed by atoms with van der Waals surface area (Å²) in [4.78, 5) is 12.2. The van der Waals surface area contributed by atoms with E-state index in [-0.39, 0.29) is 13.0 Å². The second kappa shape index (κ2) is 16.0. The minimum atomic E-state index is -0.832. The summed E-state index contributed by atoms with van der Waals surface area (Å²) < 4.78 is 15.1. The maximum absolute atomic E-state index is 9.98. The van der Waals surface area contributed by atoms with Gasteiger partial charge >= 0.3 is 5.97 Å². The van der Waals surface area contributed by atoms with Gasteiger partial charge in [-0.05, 0) is 26.1 Å². The number of hydrogen-bond acceptors (Lipinski definition) is 5. The van der Waals surface area contributed by atoms with E-state index in [0.717, 1.165) is 26.3 Å². The van der Waals surface area contributed by atoms with Crippen LogP contribution < -0.4 is 0 Å². The van der Waals surface area contributed by atoms with Crippen LogP contribution in [0.1, 0.15) is 20.3 Å². The highest BCUT2D eigenvalue weighted by molar-refractivity contribution is 5.66. The van der Waals surface area contributed by atoms with Gasteiger partial charge in [-0.15, -0.1) is 0 Å². The molecule has 0 aromatic heterocycles. The van der Waals surface area contributed by atoms with E-state index < -0.39 is 5.97 Å². The van der Waals surface area contributed by atoms with Gasteiger partial charge in [-0.1, -0.05) is 12.2 Å². The van der Waals surface area contributed by atoms with Gasteiger partial charge in [0.1, 0.15) is 0 Å². The zero-order chi connectivity index (χ0) is 16.5. The maximum atomic E-state index is 9.98. The summed E-state index contributed by atoms with van der Waals surface area (Å²) in [7, 11) is 0. The molecule has 1 N–H and O–H groups in total. The highest BCUT2D eigenvalue weighted by Gasteiger charge is 1.97. The van der Waals surface area contributed by atoms with Crippen LogP contribution >= 0.6 is 0 Å². The van der Waals surface area contributed by atoms with Crippen LogP contribution in [0.2, 0.25) is 0 Å². The monoisotopic (exact) mass is 315 g/mol. The molecule has 0 atom stereocenters. The van der Waals surface area contributed by atoms with E-state index in [1.807, 2.05) is 13.8 Å². The average molecular weight is 315 g/mol. The van der Waals surface area contributed by atoms with Crippen LogP contribution in [0.5, 0.6) is 0 Å². The average Bonchev–Trinajstić information content (AvgIpc) is 2.52. The zero-order valence-electron chi connectivity index (χ0n) is 13.7. The van der Waals surface area contributed by atoms with Gasteiger partial charge < -0.3 is 24.2 Å². The number of hydrogen-bond donors (Lipinski definition) is 1. The lowest BCUT2D eigenvalue weighted by Gasteiger charge is -2.19. The molecule has 0 aliphatic carbocycles. The summed E-state index contributed by atoms with van der Waals surface area (Å²) in [6, 6.07) is 0. The fourth-order valence-electron chi connectivity index (χ4n) is 1.52. The lowest BCUT2D eigenvalue weighted by atomic mass is 10.3. The van der Waals surface area contributed by atoms with E-state index in [1.54, 1.807) is 0 Å². The molecule has 6 nitrogen and oxygen atoms in total. The van der Waals surface area contributed by atoms with E-state index in [9.17, 15) is 4.79 Å². The molecule has 0 radical (unpaired) electrons. The molecule has 0 fully saturated rings. The van der Waals surface area contributed by atoms with E-state index in [2.05, 4.69) is 29.3 Å². The Morgan fingerprint density at radius 2 is 1.73 bits per heavy atom. The largest absolute Gasteiger partial charge is 0.481 e. The molecular formula is C16H29NO5. The predicted molar refractivity (Wildman–Crippen MR) is 85.9 cm³/mol. The van der Waals surface area contributed by atoms with Crippen molar-refractivity contribution in [3.05, 3.63) is 24.4 Å². The van der Waals surface area contributed by atoms with Crippen LogP contribution in [0, 0.1) is 0 Å². The molecule has 0 unspecified atom stereocenters. The van der Waals surface area contributed by atoms with Gasteiger partial charge in [-0.2, -0.15) is 0 Å². The number of rotatable bonds is 11. The van der Waals surface area contributed by atoms with Crippen molar-refractivity contribution in [1.29, 1.82) is 0 Å². The molecule has 1 rings (SSSR count). The van der Waals surface area contributed by atoms with Crippen molar-refractivity contribution in [2.75, 3.05) is 52.7 Å². The van der Waals surface area contributed by atoms with Crippen molar-refractivity contribution in [1.82, 2.24) is 4.90 Å². The van der Waals surface area contributed by atoms with Crippen LogP contribution in [0.25, 0.3) is 0 Å². The SMILES string of the molecule is CCOCCN1C=CC=CC1.CCOCCOCCC(=O)O. The number of nitrogens with zero attached hydrogens (tertiary/aromatic N) is 1. The maximum Gasteiger partial charge on any atom is 0.305 e. The molecule has 1 heterocycles. The Bertz CT molecular complexity index is 318. The minimum Gasteiger partial charge on any atom is -0.481 e. The first kappa shape index (κ1) is 20.6. The van der Waals surface area contributed by atoms with Crippen molar-refractivity contribution >= 4 is 5.97 Å². The molecule has 0 amide bonds. The minimum absolute atomic E-state index is 0.0616. The Hall–Kier alpha value is -1.37. The third-order valence-corrected chi connectivity index (χ3v) is 2.65. The Kier molecular flexibility index (Phi) is 15.0. The first-order valence-corrected chi connectivity index (χ1v) is 7.73. The van der Waals surface area contributed by atoms with Crippen molar-refractivity contribution in [2.24, 2.45) is 0 Å². The number of aliphatic carboxylic acids is 1. The molecule has 0 spiro atoms. The Labute approximate surface area is 133 Å². The van der Waals surface area contributed by atoms with Crippen LogP contribution in [-0.2, 0) is 19.0 Å². The van der Waals surface area contributed by atoms with Crippen LogP contribution in [0.15, 0.2) is 24.4 Å². The summed E-state index contributed by atoms with van der Waals surface area (Å²) in [6.07, 6.45) is 8.42. The Balaban J connectivity index is 0.000000401.